The molecule has 0 fully saturated rings. The topological polar surface area (TPSA) is 84.1 Å². The largest absolute Gasteiger partial charge is 0.417 e. The summed E-state index contributed by atoms with van der Waals surface area (Å²) in [6.45, 7) is 1.90. The molecule has 10 heteroatoms. The maximum Gasteiger partial charge on any atom is 0.417 e. The number of pyridine rings is 3. The maximum atomic E-state index is 12.9. The van der Waals surface area contributed by atoms with Crippen LogP contribution in [0.3, 0.4) is 0 Å². The summed E-state index contributed by atoms with van der Waals surface area (Å²) in [6, 6.07) is 11.3. The molecular formula is C22H19ClF3N5O. The fraction of sp³-hybridized carbons (Fsp3) is 0.227. The Labute approximate surface area is 187 Å². The second kappa shape index (κ2) is 10.3. The molecule has 0 saturated heterocycles. The maximum absolute atomic E-state index is 12.9. The summed E-state index contributed by atoms with van der Waals surface area (Å²) in [5.74, 6) is 0. The highest BCUT2D eigenvalue weighted by molar-refractivity contribution is 6.35. The Kier molecular flexibility index (Phi) is 7.53. The van der Waals surface area contributed by atoms with E-state index < -0.39 is 11.7 Å². The quantitative estimate of drug-likeness (QED) is 0.279. The van der Waals surface area contributed by atoms with Crippen LogP contribution in [0.15, 0.2) is 60.0 Å². The lowest BCUT2D eigenvalue weighted by molar-refractivity contribution is -0.137. The monoisotopic (exact) mass is 461 g/mol. The summed E-state index contributed by atoms with van der Waals surface area (Å²) in [5.41, 5.74) is 1.38. The first-order valence-electron chi connectivity index (χ1n) is 9.61. The summed E-state index contributed by atoms with van der Waals surface area (Å²) in [4.78, 5) is 17.8. The lowest BCUT2D eigenvalue weighted by Gasteiger charge is -2.11. The van der Waals surface area contributed by atoms with Gasteiger partial charge in [-0.2, -0.15) is 13.2 Å². The molecule has 1 N–H and O–H groups in total. The molecule has 0 aromatic carbocycles. The molecule has 0 aliphatic rings. The van der Waals surface area contributed by atoms with Crippen LogP contribution in [0.1, 0.15) is 41.7 Å². The summed E-state index contributed by atoms with van der Waals surface area (Å²) in [7, 11) is 0. The van der Waals surface area contributed by atoms with Gasteiger partial charge in [0.2, 0.25) is 0 Å². The standard InChI is InChI=1S/C22H19ClF3N5O/c1-14(27)18-9-4-6-16(30-18)7-5-11-32-31-21(19-8-2-3-10-28-19)20-17(23)12-15(13-29-20)22(24,25)26/h2-4,6,8-10,12-13,27H,5,7,11H2,1H3/b27-14?,31-21-. The van der Waals surface area contributed by atoms with Crippen molar-refractivity contribution in [2.45, 2.75) is 25.9 Å². The van der Waals surface area contributed by atoms with Crippen molar-refractivity contribution < 1.29 is 18.0 Å². The Morgan fingerprint density at radius 1 is 1.12 bits per heavy atom. The van der Waals surface area contributed by atoms with Crippen LogP contribution in [0.2, 0.25) is 5.02 Å². The third-order valence-corrected chi connectivity index (χ3v) is 4.60. The Bertz CT molecular complexity index is 1120. The fourth-order valence-corrected chi connectivity index (χ4v) is 2.99. The molecule has 0 unspecified atom stereocenters. The van der Waals surface area contributed by atoms with Crippen molar-refractivity contribution in [1.82, 2.24) is 15.0 Å². The van der Waals surface area contributed by atoms with Gasteiger partial charge in [0.05, 0.1) is 27.7 Å². The molecule has 0 amide bonds. The number of aryl methyl sites for hydroxylation is 1. The van der Waals surface area contributed by atoms with E-state index in [9.17, 15) is 13.2 Å². The van der Waals surface area contributed by atoms with Gasteiger partial charge < -0.3 is 10.2 Å². The first kappa shape index (κ1) is 23.3. The summed E-state index contributed by atoms with van der Waals surface area (Å²) < 4.78 is 38.8. The molecule has 3 heterocycles. The van der Waals surface area contributed by atoms with E-state index in [0.29, 0.717) is 36.1 Å². The molecule has 0 radical (unpaired) electrons. The van der Waals surface area contributed by atoms with Crippen LogP contribution in [0.5, 0.6) is 0 Å². The van der Waals surface area contributed by atoms with Crippen molar-refractivity contribution in [3.8, 4) is 0 Å². The van der Waals surface area contributed by atoms with E-state index in [2.05, 4.69) is 20.1 Å². The first-order valence-corrected chi connectivity index (χ1v) is 9.99. The number of halogens is 4. The molecule has 0 spiro atoms. The van der Waals surface area contributed by atoms with Crippen molar-refractivity contribution >= 4 is 23.0 Å². The number of alkyl halides is 3. The van der Waals surface area contributed by atoms with Crippen molar-refractivity contribution in [3.63, 3.8) is 0 Å². The van der Waals surface area contributed by atoms with Crippen molar-refractivity contribution in [3.05, 3.63) is 88.2 Å². The van der Waals surface area contributed by atoms with Gasteiger partial charge in [-0.05, 0) is 50.1 Å². The minimum absolute atomic E-state index is 0.0363. The van der Waals surface area contributed by atoms with Gasteiger partial charge in [-0.1, -0.05) is 28.9 Å². The van der Waals surface area contributed by atoms with Crippen molar-refractivity contribution in [2.24, 2.45) is 5.16 Å². The van der Waals surface area contributed by atoms with Gasteiger partial charge in [0.25, 0.3) is 0 Å². The highest BCUT2D eigenvalue weighted by atomic mass is 35.5. The third kappa shape index (κ3) is 6.10. The number of rotatable bonds is 8. The number of hydrogen-bond donors (Lipinski definition) is 1. The molecule has 0 aliphatic heterocycles. The second-order valence-corrected chi connectivity index (χ2v) is 7.19. The van der Waals surface area contributed by atoms with Gasteiger partial charge in [0, 0.05) is 18.1 Å². The minimum atomic E-state index is -4.56. The van der Waals surface area contributed by atoms with E-state index in [0.717, 1.165) is 11.8 Å². The molecular weight excluding hydrogens is 443 g/mol. The van der Waals surface area contributed by atoms with Crippen LogP contribution < -0.4 is 0 Å². The summed E-state index contributed by atoms with van der Waals surface area (Å²) >= 11 is 6.09. The van der Waals surface area contributed by atoms with E-state index >= 15 is 0 Å². The third-order valence-electron chi connectivity index (χ3n) is 4.32. The van der Waals surface area contributed by atoms with Crippen LogP contribution in [0.25, 0.3) is 0 Å². The first-order chi connectivity index (χ1) is 15.3. The Balaban J connectivity index is 1.74. The van der Waals surface area contributed by atoms with E-state index in [-0.39, 0.29) is 23.0 Å². The lowest BCUT2D eigenvalue weighted by atomic mass is 10.1. The van der Waals surface area contributed by atoms with Gasteiger partial charge in [0.15, 0.2) is 5.71 Å². The Morgan fingerprint density at radius 2 is 1.91 bits per heavy atom. The van der Waals surface area contributed by atoms with E-state index in [1.807, 2.05) is 12.1 Å². The highest BCUT2D eigenvalue weighted by Gasteiger charge is 2.32. The van der Waals surface area contributed by atoms with Crippen LogP contribution in [-0.4, -0.2) is 33.0 Å². The fourth-order valence-electron chi connectivity index (χ4n) is 2.74. The molecule has 3 rings (SSSR count). The van der Waals surface area contributed by atoms with Crippen molar-refractivity contribution in [2.75, 3.05) is 6.61 Å². The SMILES string of the molecule is CC(=N)c1cccc(CCCO/N=C(/c2ccccn2)c2ncc(C(F)(F)F)cc2Cl)n1. The molecule has 6 nitrogen and oxygen atoms in total. The highest BCUT2D eigenvalue weighted by Crippen LogP contribution is 2.31. The van der Waals surface area contributed by atoms with Gasteiger partial charge in [-0.3, -0.25) is 15.0 Å². The normalized spacial score (nSPS) is 12.0. The van der Waals surface area contributed by atoms with E-state index in [1.165, 1.54) is 6.20 Å². The predicted molar refractivity (Wildman–Crippen MR) is 115 cm³/mol. The molecule has 0 saturated carbocycles. The molecule has 166 valence electrons. The summed E-state index contributed by atoms with van der Waals surface area (Å²) in [6.07, 6.45) is -1.15. The van der Waals surface area contributed by atoms with Crippen LogP contribution in [0, 0.1) is 5.41 Å². The number of nitrogens with zero attached hydrogens (tertiary/aromatic N) is 4. The molecule has 0 atom stereocenters. The Morgan fingerprint density at radius 3 is 2.56 bits per heavy atom. The second-order valence-electron chi connectivity index (χ2n) is 6.78. The minimum Gasteiger partial charge on any atom is -0.395 e. The molecule has 32 heavy (non-hydrogen) atoms. The molecule has 3 aromatic rings. The number of oxime groups is 1. The number of hydrogen-bond acceptors (Lipinski definition) is 6. The van der Waals surface area contributed by atoms with Crippen LogP contribution >= 0.6 is 11.6 Å². The average Bonchev–Trinajstić information content (AvgIpc) is 2.77. The van der Waals surface area contributed by atoms with Gasteiger partial charge >= 0.3 is 6.18 Å². The molecule has 0 bridgehead atoms. The molecule has 0 aliphatic carbocycles. The van der Waals surface area contributed by atoms with E-state index in [4.69, 9.17) is 21.8 Å². The van der Waals surface area contributed by atoms with Crippen LogP contribution in [-0.2, 0) is 17.4 Å². The van der Waals surface area contributed by atoms with Gasteiger partial charge in [0.1, 0.15) is 12.3 Å². The number of nitrogens with one attached hydrogen (secondary N) is 1. The number of aromatic nitrogens is 3. The van der Waals surface area contributed by atoms with E-state index in [1.54, 1.807) is 31.2 Å². The lowest BCUT2D eigenvalue weighted by Crippen LogP contribution is -2.12. The zero-order valence-electron chi connectivity index (χ0n) is 17.0. The zero-order valence-corrected chi connectivity index (χ0v) is 17.8. The van der Waals surface area contributed by atoms with Crippen molar-refractivity contribution in [1.29, 1.82) is 5.41 Å². The Hall–Kier alpha value is -3.33. The van der Waals surface area contributed by atoms with Crippen LogP contribution in [0.4, 0.5) is 13.2 Å². The summed E-state index contributed by atoms with van der Waals surface area (Å²) in [5, 5.41) is 11.5. The van der Waals surface area contributed by atoms with Gasteiger partial charge in [-0.15, -0.1) is 0 Å². The predicted octanol–water partition coefficient (Wildman–Crippen LogP) is 5.33. The smallest absolute Gasteiger partial charge is 0.395 e. The zero-order chi connectivity index (χ0) is 23.1. The average molecular weight is 462 g/mol. The molecule has 3 aromatic heterocycles. The van der Waals surface area contributed by atoms with Gasteiger partial charge in [-0.25, -0.2) is 0 Å².